The quantitative estimate of drug-likeness (QED) is 0.780. The molecule has 1 atom stereocenters. The lowest BCUT2D eigenvalue weighted by Crippen LogP contribution is -2.51. The number of amides is 1. The van der Waals surface area contributed by atoms with E-state index in [0.29, 0.717) is 17.6 Å². The normalized spacial score (nSPS) is 16.7. The molecule has 1 saturated heterocycles. The second-order valence-corrected chi connectivity index (χ2v) is 6.82. The van der Waals surface area contributed by atoms with E-state index in [1.165, 1.54) is 0 Å². The Morgan fingerprint density at radius 3 is 2.44 bits per heavy atom. The molecule has 1 aromatic heterocycles. The smallest absolute Gasteiger partial charge is 0.276 e. The standard InChI is InChI=1S/C20H28N6O/c1-3-25-11-13-26(14-12-25)16(2)15-21-19-10-9-18(23-24-19)20(27)22-17-7-5-4-6-8-17/h4-10,16H,3,11-15H2,1-2H3,(H,21,24)(H,22,27). The summed E-state index contributed by atoms with van der Waals surface area (Å²) in [5.74, 6) is 0.424. The van der Waals surface area contributed by atoms with Crippen LogP contribution in [0.1, 0.15) is 24.3 Å². The molecule has 1 aliphatic rings. The second-order valence-electron chi connectivity index (χ2n) is 6.82. The van der Waals surface area contributed by atoms with E-state index < -0.39 is 0 Å². The number of carbonyl (C=O) groups is 1. The number of nitrogens with zero attached hydrogens (tertiary/aromatic N) is 4. The summed E-state index contributed by atoms with van der Waals surface area (Å²) < 4.78 is 0. The van der Waals surface area contributed by atoms with Gasteiger partial charge in [0.25, 0.3) is 5.91 Å². The van der Waals surface area contributed by atoms with Gasteiger partial charge < -0.3 is 15.5 Å². The minimum Gasteiger partial charge on any atom is -0.367 e. The molecule has 1 amide bonds. The van der Waals surface area contributed by atoms with E-state index in [9.17, 15) is 4.79 Å². The van der Waals surface area contributed by atoms with Crippen LogP contribution in [0.15, 0.2) is 42.5 Å². The van der Waals surface area contributed by atoms with Crippen LogP contribution in [-0.4, -0.2) is 71.2 Å². The van der Waals surface area contributed by atoms with Crippen LogP contribution >= 0.6 is 0 Å². The summed E-state index contributed by atoms with van der Waals surface area (Å²) in [4.78, 5) is 17.2. The summed E-state index contributed by atoms with van der Waals surface area (Å²) in [7, 11) is 0. The predicted octanol–water partition coefficient (Wildman–Crippen LogP) is 2.17. The molecular formula is C20H28N6O. The van der Waals surface area contributed by atoms with Crippen LogP contribution in [0.2, 0.25) is 0 Å². The molecule has 7 nitrogen and oxygen atoms in total. The molecule has 2 heterocycles. The lowest BCUT2D eigenvalue weighted by Gasteiger charge is -2.37. The maximum atomic E-state index is 12.2. The number of hydrogen-bond donors (Lipinski definition) is 2. The lowest BCUT2D eigenvalue weighted by atomic mass is 10.2. The first kappa shape index (κ1) is 19.3. The third-order valence-electron chi connectivity index (χ3n) is 4.98. The van der Waals surface area contributed by atoms with Crippen molar-refractivity contribution in [3.8, 4) is 0 Å². The zero-order valence-corrected chi connectivity index (χ0v) is 16.1. The molecule has 2 aromatic rings. The number of anilines is 2. The Balaban J connectivity index is 1.47. The van der Waals surface area contributed by atoms with E-state index in [0.717, 1.165) is 45.0 Å². The Labute approximate surface area is 160 Å². The summed E-state index contributed by atoms with van der Waals surface area (Å²) in [6, 6.07) is 13.2. The van der Waals surface area contributed by atoms with Gasteiger partial charge in [-0.25, -0.2) is 0 Å². The van der Waals surface area contributed by atoms with Crippen LogP contribution in [0.4, 0.5) is 11.5 Å². The topological polar surface area (TPSA) is 73.4 Å². The van der Waals surface area contributed by atoms with Gasteiger partial charge >= 0.3 is 0 Å². The first-order valence-electron chi connectivity index (χ1n) is 9.56. The van der Waals surface area contributed by atoms with Gasteiger partial charge in [-0.05, 0) is 37.7 Å². The molecule has 3 rings (SSSR count). The van der Waals surface area contributed by atoms with E-state index in [2.05, 4.69) is 44.5 Å². The Hall–Kier alpha value is -2.51. The van der Waals surface area contributed by atoms with E-state index in [1.54, 1.807) is 12.1 Å². The number of piperazine rings is 1. The molecule has 1 aliphatic heterocycles. The van der Waals surface area contributed by atoms with E-state index >= 15 is 0 Å². The summed E-state index contributed by atoms with van der Waals surface area (Å²) in [6.45, 7) is 10.8. The van der Waals surface area contributed by atoms with Gasteiger partial charge in [0.1, 0.15) is 5.82 Å². The number of aromatic nitrogens is 2. The molecule has 0 bridgehead atoms. The first-order chi connectivity index (χ1) is 13.2. The van der Waals surface area contributed by atoms with Crippen molar-refractivity contribution in [3.63, 3.8) is 0 Å². The van der Waals surface area contributed by atoms with Gasteiger partial charge in [-0.1, -0.05) is 25.1 Å². The number of carbonyl (C=O) groups excluding carboxylic acids is 1. The van der Waals surface area contributed by atoms with Gasteiger partial charge in [0.15, 0.2) is 5.69 Å². The van der Waals surface area contributed by atoms with Crippen molar-refractivity contribution < 1.29 is 4.79 Å². The first-order valence-corrected chi connectivity index (χ1v) is 9.56. The van der Waals surface area contributed by atoms with Gasteiger partial charge in [-0.2, -0.15) is 0 Å². The molecule has 0 radical (unpaired) electrons. The van der Waals surface area contributed by atoms with Crippen LogP contribution in [-0.2, 0) is 0 Å². The predicted molar refractivity (Wildman–Crippen MR) is 108 cm³/mol. The Morgan fingerprint density at radius 2 is 1.81 bits per heavy atom. The largest absolute Gasteiger partial charge is 0.367 e. The molecule has 0 saturated carbocycles. The fourth-order valence-electron chi connectivity index (χ4n) is 3.17. The van der Waals surface area contributed by atoms with Crippen LogP contribution in [0, 0.1) is 0 Å². The molecule has 0 aliphatic carbocycles. The van der Waals surface area contributed by atoms with Crippen LogP contribution in [0.25, 0.3) is 0 Å². The third kappa shape index (κ3) is 5.48. The maximum Gasteiger partial charge on any atom is 0.276 e. The summed E-state index contributed by atoms with van der Waals surface area (Å²) in [6.07, 6.45) is 0. The molecule has 7 heteroatoms. The number of para-hydroxylation sites is 1. The summed E-state index contributed by atoms with van der Waals surface area (Å²) in [5, 5.41) is 14.3. The van der Waals surface area contributed by atoms with Crippen LogP contribution < -0.4 is 10.6 Å². The monoisotopic (exact) mass is 368 g/mol. The molecule has 144 valence electrons. The highest BCUT2D eigenvalue weighted by molar-refractivity contribution is 6.02. The van der Waals surface area contributed by atoms with Crippen molar-refractivity contribution in [2.45, 2.75) is 19.9 Å². The molecule has 2 N–H and O–H groups in total. The van der Waals surface area contributed by atoms with Gasteiger partial charge in [0, 0.05) is 44.5 Å². The van der Waals surface area contributed by atoms with Gasteiger partial charge in [0.05, 0.1) is 0 Å². The van der Waals surface area contributed by atoms with Crippen molar-refractivity contribution in [1.82, 2.24) is 20.0 Å². The van der Waals surface area contributed by atoms with Gasteiger partial charge in [0.2, 0.25) is 0 Å². The summed E-state index contributed by atoms with van der Waals surface area (Å²) >= 11 is 0. The average molecular weight is 368 g/mol. The Kier molecular flexibility index (Phi) is 6.73. The molecule has 27 heavy (non-hydrogen) atoms. The SMILES string of the molecule is CCN1CCN(C(C)CNc2ccc(C(=O)Nc3ccccc3)nn2)CC1. The molecular weight excluding hydrogens is 340 g/mol. The lowest BCUT2D eigenvalue weighted by molar-refractivity contribution is 0.102. The molecule has 1 unspecified atom stereocenters. The number of nitrogens with one attached hydrogen (secondary N) is 2. The fourth-order valence-corrected chi connectivity index (χ4v) is 3.17. The Bertz CT molecular complexity index is 713. The fraction of sp³-hybridized carbons (Fsp3) is 0.450. The Morgan fingerprint density at radius 1 is 1.07 bits per heavy atom. The van der Waals surface area contributed by atoms with Crippen molar-refractivity contribution >= 4 is 17.4 Å². The van der Waals surface area contributed by atoms with Crippen LogP contribution in [0.5, 0.6) is 0 Å². The average Bonchev–Trinajstić information content (AvgIpc) is 2.73. The number of rotatable bonds is 7. The summed E-state index contributed by atoms with van der Waals surface area (Å²) in [5.41, 5.74) is 1.04. The maximum absolute atomic E-state index is 12.2. The van der Waals surface area contributed by atoms with E-state index in [1.807, 2.05) is 30.3 Å². The van der Waals surface area contributed by atoms with E-state index in [4.69, 9.17) is 0 Å². The highest BCUT2D eigenvalue weighted by atomic mass is 16.1. The highest BCUT2D eigenvalue weighted by Crippen LogP contribution is 2.10. The number of likely N-dealkylation sites (N-methyl/N-ethyl adjacent to an activating group) is 1. The van der Waals surface area contributed by atoms with Crippen LogP contribution in [0.3, 0.4) is 0 Å². The zero-order valence-electron chi connectivity index (χ0n) is 16.1. The van der Waals surface area contributed by atoms with Crippen molar-refractivity contribution in [1.29, 1.82) is 0 Å². The molecule has 1 aromatic carbocycles. The number of hydrogen-bond acceptors (Lipinski definition) is 6. The highest BCUT2D eigenvalue weighted by Gasteiger charge is 2.20. The van der Waals surface area contributed by atoms with E-state index in [-0.39, 0.29) is 5.91 Å². The van der Waals surface area contributed by atoms with Gasteiger partial charge in [-0.3, -0.25) is 9.69 Å². The van der Waals surface area contributed by atoms with Crippen molar-refractivity contribution in [2.24, 2.45) is 0 Å². The van der Waals surface area contributed by atoms with Crippen molar-refractivity contribution in [2.75, 3.05) is 49.9 Å². The third-order valence-corrected chi connectivity index (χ3v) is 4.98. The molecule has 1 fully saturated rings. The minimum absolute atomic E-state index is 0.262. The zero-order chi connectivity index (χ0) is 19.1. The minimum atomic E-state index is -0.262. The second kappa shape index (κ2) is 9.43. The van der Waals surface area contributed by atoms with Crippen molar-refractivity contribution in [3.05, 3.63) is 48.2 Å². The molecule has 0 spiro atoms. The number of benzene rings is 1. The van der Waals surface area contributed by atoms with Gasteiger partial charge in [-0.15, -0.1) is 10.2 Å².